The largest absolute Gasteiger partial charge is 0.546 e. The summed E-state index contributed by atoms with van der Waals surface area (Å²) in [6, 6.07) is 23.9. The average molecular weight is 355 g/mol. The van der Waals surface area contributed by atoms with Crippen LogP contribution >= 0.6 is 0 Å². The third-order valence-corrected chi connectivity index (χ3v) is 7.62. The SMILES string of the molecule is CCC[SiH](CCCCCCCCc1ccccc1)Oc1ccccc1. The molecule has 0 amide bonds. The van der Waals surface area contributed by atoms with Gasteiger partial charge in [-0.15, -0.1) is 0 Å². The Kier molecular flexibility index (Phi) is 10.1. The Morgan fingerprint density at radius 2 is 1.28 bits per heavy atom. The molecule has 0 aliphatic carbocycles. The van der Waals surface area contributed by atoms with E-state index >= 15 is 0 Å². The van der Waals surface area contributed by atoms with Crippen LogP contribution in [0.25, 0.3) is 0 Å². The number of benzene rings is 2. The summed E-state index contributed by atoms with van der Waals surface area (Å²) in [7, 11) is -1.07. The molecule has 25 heavy (non-hydrogen) atoms. The van der Waals surface area contributed by atoms with Crippen LogP contribution in [0.3, 0.4) is 0 Å². The predicted octanol–water partition coefficient (Wildman–Crippen LogP) is 6.78. The molecule has 1 atom stereocenters. The minimum Gasteiger partial charge on any atom is -0.546 e. The zero-order chi connectivity index (χ0) is 17.6. The third-order valence-electron chi connectivity index (χ3n) is 4.74. The van der Waals surface area contributed by atoms with Gasteiger partial charge in [-0.2, -0.15) is 0 Å². The van der Waals surface area contributed by atoms with Gasteiger partial charge in [0.1, 0.15) is 5.75 Å². The molecule has 0 spiro atoms. The van der Waals surface area contributed by atoms with Crippen molar-refractivity contribution in [2.24, 2.45) is 0 Å². The normalized spacial score (nSPS) is 12.0. The summed E-state index contributed by atoms with van der Waals surface area (Å²) >= 11 is 0. The van der Waals surface area contributed by atoms with Gasteiger partial charge in [0.2, 0.25) is 9.04 Å². The van der Waals surface area contributed by atoms with E-state index in [4.69, 9.17) is 4.43 Å². The van der Waals surface area contributed by atoms with Gasteiger partial charge in [0.15, 0.2) is 0 Å². The van der Waals surface area contributed by atoms with Gasteiger partial charge in [0, 0.05) is 0 Å². The fourth-order valence-corrected chi connectivity index (χ4v) is 5.78. The molecule has 1 unspecified atom stereocenters. The first kappa shape index (κ1) is 19.8. The standard InChI is InChI=1S/C23H34OSi/c1-2-20-25(24-23-18-12-8-13-19-23)21-14-6-4-3-5-9-15-22-16-10-7-11-17-22/h7-8,10-13,16-19,25H,2-6,9,14-15,20-21H2,1H3. The van der Waals surface area contributed by atoms with Gasteiger partial charge >= 0.3 is 0 Å². The molecule has 0 bridgehead atoms. The maximum Gasteiger partial charge on any atom is 0.235 e. The second kappa shape index (κ2) is 12.8. The van der Waals surface area contributed by atoms with E-state index in [1.165, 1.54) is 69.0 Å². The molecule has 1 nitrogen and oxygen atoms in total. The summed E-state index contributed by atoms with van der Waals surface area (Å²) < 4.78 is 6.29. The minimum absolute atomic E-state index is 1.07. The van der Waals surface area contributed by atoms with Crippen LogP contribution in [0.1, 0.15) is 57.4 Å². The van der Waals surface area contributed by atoms with E-state index in [-0.39, 0.29) is 0 Å². The van der Waals surface area contributed by atoms with Gasteiger partial charge in [-0.05, 0) is 42.6 Å². The lowest BCUT2D eigenvalue weighted by Crippen LogP contribution is -2.21. The first-order chi connectivity index (χ1) is 12.4. The molecule has 2 heteroatoms. The Labute approximate surface area is 156 Å². The van der Waals surface area contributed by atoms with Gasteiger partial charge in [0.05, 0.1) is 0 Å². The highest BCUT2D eigenvalue weighted by Gasteiger charge is 2.12. The number of rotatable bonds is 13. The van der Waals surface area contributed by atoms with Crippen LogP contribution in [0, 0.1) is 0 Å². The van der Waals surface area contributed by atoms with Crippen LogP contribution in [-0.4, -0.2) is 9.04 Å². The number of hydrogen-bond acceptors (Lipinski definition) is 1. The molecule has 0 N–H and O–H groups in total. The van der Waals surface area contributed by atoms with E-state index in [0.29, 0.717) is 0 Å². The van der Waals surface area contributed by atoms with Crippen molar-refractivity contribution in [2.75, 3.05) is 0 Å². The molecule has 0 aromatic heterocycles. The molecule has 0 aliphatic heterocycles. The number of hydrogen-bond donors (Lipinski definition) is 0. The highest BCUT2D eigenvalue weighted by atomic mass is 28.3. The summed E-state index contributed by atoms with van der Waals surface area (Å²) in [5.41, 5.74) is 1.48. The van der Waals surface area contributed by atoms with Crippen molar-refractivity contribution in [3.8, 4) is 5.75 Å². The van der Waals surface area contributed by atoms with Crippen molar-refractivity contribution in [3.63, 3.8) is 0 Å². The molecule has 2 aromatic carbocycles. The Balaban J connectivity index is 1.51. The van der Waals surface area contributed by atoms with Crippen LogP contribution in [0.4, 0.5) is 0 Å². The fraction of sp³-hybridized carbons (Fsp3) is 0.478. The summed E-state index contributed by atoms with van der Waals surface area (Å²) in [4.78, 5) is 0. The van der Waals surface area contributed by atoms with Gasteiger partial charge in [-0.3, -0.25) is 0 Å². The summed E-state index contributed by atoms with van der Waals surface area (Å²) in [6.45, 7) is 2.28. The van der Waals surface area contributed by atoms with Gasteiger partial charge < -0.3 is 4.43 Å². The first-order valence-electron chi connectivity index (χ1n) is 10.1. The van der Waals surface area contributed by atoms with Crippen molar-refractivity contribution < 1.29 is 4.43 Å². The van der Waals surface area contributed by atoms with E-state index in [9.17, 15) is 0 Å². The maximum absolute atomic E-state index is 6.29. The van der Waals surface area contributed by atoms with Crippen LogP contribution in [0.5, 0.6) is 5.75 Å². The minimum atomic E-state index is -1.07. The molecule has 136 valence electrons. The van der Waals surface area contributed by atoms with Crippen LogP contribution < -0.4 is 4.43 Å². The zero-order valence-corrected chi connectivity index (χ0v) is 17.0. The molecule has 2 rings (SSSR count). The van der Waals surface area contributed by atoms with E-state index in [1.807, 2.05) is 0 Å². The number of para-hydroxylation sites is 1. The highest BCUT2D eigenvalue weighted by molar-refractivity contribution is 6.52. The molecule has 0 saturated carbocycles. The summed E-state index contributed by atoms with van der Waals surface area (Å²) in [5, 5.41) is 0. The molecule has 0 radical (unpaired) electrons. The Hall–Kier alpha value is -1.54. The van der Waals surface area contributed by atoms with E-state index < -0.39 is 9.04 Å². The van der Waals surface area contributed by atoms with Crippen molar-refractivity contribution in [1.82, 2.24) is 0 Å². The van der Waals surface area contributed by atoms with E-state index in [2.05, 4.69) is 67.6 Å². The van der Waals surface area contributed by atoms with E-state index in [1.54, 1.807) is 0 Å². The average Bonchev–Trinajstić information content (AvgIpc) is 2.65. The Bertz CT molecular complexity index is 541. The maximum atomic E-state index is 6.29. The molecule has 0 heterocycles. The fourth-order valence-electron chi connectivity index (χ4n) is 3.33. The van der Waals surface area contributed by atoms with Crippen molar-refractivity contribution >= 4 is 9.04 Å². The van der Waals surface area contributed by atoms with Gasteiger partial charge in [-0.1, -0.05) is 94.0 Å². The molecular formula is C23H34OSi. The van der Waals surface area contributed by atoms with Gasteiger partial charge in [0.25, 0.3) is 0 Å². The molecule has 2 aromatic rings. The predicted molar refractivity (Wildman–Crippen MR) is 112 cm³/mol. The van der Waals surface area contributed by atoms with Crippen molar-refractivity contribution in [1.29, 1.82) is 0 Å². The summed E-state index contributed by atoms with van der Waals surface area (Å²) in [6.07, 6.45) is 10.7. The third kappa shape index (κ3) is 8.92. The molecular weight excluding hydrogens is 320 g/mol. The molecule has 0 aliphatic rings. The van der Waals surface area contributed by atoms with E-state index in [0.717, 1.165) is 5.75 Å². The zero-order valence-electron chi connectivity index (χ0n) is 15.8. The van der Waals surface area contributed by atoms with Crippen LogP contribution in [0.15, 0.2) is 60.7 Å². The summed E-state index contributed by atoms with van der Waals surface area (Å²) in [5.74, 6) is 1.08. The van der Waals surface area contributed by atoms with Gasteiger partial charge in [-0.25, -0.2) is 0 Å². The lowest BCUT2D eigenvalue weighted by atomic mass is 10.1. The lowest BCUT2D eigenvalue weighted by Gasteiger charge is -2.17. The highest BCUT2D eigenvalue weighted by Crippen LogP contribution is 2.17. The Morgan fingerprint density at radius 3 is 1.96 bits per heavy atom. The van der Waals surface area contributed by atoms with Crippen molar-refractivity contribution in [2.45, 2.75) is 70.4 Å². The first-order valence-corrected chi connectivity index (χ1v) is 12.2. The van der Waals surface area contributed by atoms with Crippen molar-refractivity contribution in [3.05, 3.63) is 66.2 Å². The lowest BCUT2D eigenvalue weighted by molar-refractivity contribution is 0.547. The quantitative estimate of drug-likeness (QED) is 0.284. The molecule has 0 fully saturated rings. The number of aryl methyl sites for hydroxylation is 1. The monoisotopic (exact) mass is 354 g/mol. The number of unbranched alkanes of at least 4 members (excludes halogenated alkanes) is 5. The second-order valence-electron chi connectivity index (χ2n) is 6.99. The second-order valence-corrected chi connectivity index (χ2v) is 9.62. The molecule has 0 saturated heterocycles. The van der Waals surface area contributed by atoms with Crippen LogP contribution in [0.2, 0.25) is 12.1 Å². The topological polar surface area (TPSA) is 9.23 Å². The van der Waals surface area contributed by atoms with Crippen LogP contribution in [-0.2, 0) is 6.42 Å². The Morgan fingerprint density at radius 1 is 0.680 bits per heavy atom. The smallest absolute Gasteiger partial charge is 0.235 e.